The maximum Gasteiger partial charge on any atom is 0.255 e. The molecule has 0 aliphatic heterocycles. The lowest BCUT2D eigenvalue weighted by molar-refractivity contribution is 0.0948. The van der Waals surface area contributed by atoms with Gasteiger partial charge in [0.1, 0.15) is 5.75 Å². The first kappa shape index (κ1) is 17.5. The van der Waals surface area contributed by atoms with Crippen LogP contribution in [0.4, 0.5) is 0 Å². The predicted octanol–water partition coefficient (Wildman–Crippen LogP) is 1.94. The number of nitrogens with one attached hydrogen (secondary N) is 1. The van der Waals surface area contributed by atoms with E-state index >= 15 is 0 Å². The van der Waals surface area contributed by atoms with Crippen molar-refractivity contribution in [3.63, 3.8) is 0 Å². The summed E-state index contributed by atoms with van der Waals surface area (Å²) in [7, 11) is 0.701. The monoisotopic (exact) mass is 354 g/mol. The van der Waals surface area contributed by atoms with Gasteiger partial charge in [-0.3, -0.25) is 4.79 Å². The number of thiophene rings is 1. The van der Waals surface area contributed by atoms with Crippen molar-refractivity contribution in [2.75, 3.05) is 21.2 Å². The maximum absolute atomic E-state index is 12.4. The molecule has 1 N–H and O–H groups in total. The number of sulfonamides is 1. The lowest BCUT2D eigenvalue weighted by atomic mass is 10.2. The van der Waals surface area contributed by atoms with Crippen molar-refractivity contribution in [3.05, 3.63) is 46.2 Å². The van der Waals surface area contributed by atoms with Gasteiger partial charge in [-0.05, 0) is 29.6 Å². The summed E-state index contributed by atoms with van der Waals surface area (Å²) in [6.45, 7) is 0.379. The van der Waals surface area contributed by atoms with Gasteiger partial charge in [-0.25, -0.2) is 12.7 Å². The highest BCUT2D eigenvalue weighted by atomic mass is 32.2. The minimum atomic E-state index is -3.62. The molecule has 0 radical (unpaired) electrons. The van der Waals surface area contributed by atoms with Gasteiger partial charge in [-0.15, -0.1) is 11.3 Å². The molecule has 0 fully saturated rings. The van der Waals surface area contributed by atoms with E-state index in [0.717, 1.165) is 9.18 Å². The topological polar surface area (TPSA) is 75.7 Å². The highest BCUT2D eigenvalue weighted by Crippen LogP contribution is 2.24. The Labute approximate surface area is 139 Å². The van der Waals surface area contributed by atoms with Crippen LogP contribution in [-0.4, -0.2) is 39.8 Å². The second kappa shape index (κ2) is 7.12. The number of hydrogen-bond donors (Lipinski definition) is 1. The Morgan fingerprint density at radius 2 is 2.04 bits per heavy atom. The zero-order valence-electron chi connectivity index (χ0n) is 13.1. The van der Waals surface area contributed by atoms with Gasteiger partial charge in [0, 0.05) is 19.0 Å². The van der Waals surface area contributed by atoms with Crippen molar-refractivity contribution in [3.8, 4) is 5.75 Å². The molecule has 0 unspecified atom stereocenters. The van der Waals surface area contributed by atoms with E-state index in [2.05, 4.69) is 5.32 Å². The van der Waals surface area contributed by atoms with Crippen molar-refractivity contribution in [2.24, 2.45) is 0 Å². The smallest absolute Gasteiger partial charge is 0.255 e. The molecular weight excluding hydrogens is 336 g/mol. The van der Waals surface area contributed by atoms with Crippen LogP contribution in [0.25, 0.3) is 0 Å². The van der Waals surface area contributed by atoms with Gasteiger partial charge in [0.15, 0.2) is 0 Å². The minimum Gasteiger partial charge on any atom is -0.496 e. The van der Waals surface area contributed by atoms with E-state index in [1.54, 1.807) is 0 Å². The van der Waals surface area contributed by atoms with E-state index in [-0.39, 0.29) is 16.4 Å². The Hall–Kier alpha value is -1.90. The largest absolute Gasteiger partial charge is 0.496 e. The number of nitrogens with zero attached hydrogens (tertiary/aromatic N) is 1. The molecule has 6 nitrogen and oxygen atoms in total. The molecule has 8 heteroatoms. The summed E-state index contributed by atoms with van der Waals surface area (Å²) in [5, 5.41) is 4.69. The van der Waals surface area contributed by atoms with Crippen molar-refractivity contribution in [2.45, 2.75) is 11.4 Å². The van der Waals surface area contributed by atoms with E-state index in [4.69, 9.17) is 4.74 Å². The first-order valence-electron chi connectivity index (χ1n) is 6.77. The fourth-order valence-corrected chi connectivity index (χ4v) is 3.48. The number of carbonyl (C=O) groups is 1. The highest BCUT2D eigenvalue weighted by Gasteiger charge is 2.21. The second-order valence-electron chi connectivity index (χ2n) is 4.91. The molecule has 2 aromatic rings. The average Bonchev–Trinajstić information content (AvgIpc) is 3.05. The van der Waals surface area contributed by atoms with Gasteiger partial charge < -0.3 is 10.1 Å². The molecule has 1 aromatic heterocycles. The molecule has 0 saturated carbocycles. The molecule has 0 atom stereocenters. The Balaban J connectivity index is 2.30. The Kier molecular flexibility index (Phi) is 5.40. The third-order valence-corrected chi connectivity index (χ3v) is 5.88. The predicted molar refractivity (Wildman–Crippen MR) is 89.4 cm³/mol. The minimum absolute atomic E-state index is 0.0459. The molecule has 0 aliphatic rings. The number of amides is 1. The van der Waals surface area contributed by atoms with Crippen LogP contribution in [0.3, 0.4) is 0 Å². The fraction of sp³-hybridized carbons (Fsp3) is 0.267. The van der Waals surface area contributed by atoms with E-state index in [1.165, 1.54) is 50.7 Å². The molecule has 0 saturated heterocycles. The summed E-state index contributed by atoms with van der Waals surface area (Å²) in [5.74, 6) is -0.0579. The van der Waals surface area contributed by atoms with Crippen LogP contribution < -0.4 is 10.1 Å². The van der Waals surface area contributed by atoms with Gasteiger partial charge in [0.05, 0.1) is 24.1 Å². The molecular formula is C15H18N2O4S2. The standard InChI is InChI=1S/C15H18N2O4S2/c1-17(2)23(19,20)12-6-7-14(21-3)13(9-12)15(18)16-10-11-5-4-8-22-11/h4-9H,10H2,1-3H3,(H,16,18). The van der Waals surface area contributed by atoms with Crippen molar-refractivity contribution in [1.82, 2.24) is 9.62 Å². The SMILES string of the molecule is COc1ccc(S(=O)(=O)N(C)C)cc1C(=O)NCc1cccs1. The van der Waals surface area contributed by atoms with Crippen LogP contribution in [0.1, 0.15) is 15.2 Å². The van der Waals surface area contributed by atoms with Crippen LogP contribution in [0.5, 0.6) is 5.75 Å². The molecule has 0 aliphatic carbocycles. The molecule has 0 spiro atoms. The summed E-state index contributed by atoms with van der Waals surface area (Å²) in [6.07, 6.45) is 0. The Morgan fingerprint density at radius 3 is 2.61 bits per heavy atom. The number of methoxy groups -OCH3 is 1. The summed E-state index contributed by atoms with van der Waals surface area (Å²) >= 11 is 1.53. The number of rotatable bonds is 6. The third kappa shape index (κ3) is 3.90. The summed E-state index contributed by atoms with van der Waals surface area (Å²) in [4.78, 5) is 13.4. The van der Waals surface area contributed by atoms with Crippen molar-refractivity contribution >= 4 is 27.3 Å². The van der Waals surface area contributed by atoms with Crippen LogP contribution in [0, 0.1) is 0 Å². The van der Waals surface area contributed by atoms with Crippen LogP contribution in [0.2, 0.25) is 0 Å². The van der Waals surface area contributed by atoms with Crippen LogP contribution in [0.15, 0.2) is 40.6 Å². The zero-order valence-corrected chi connectivity index (χ0v) is 14.7. The first-order valence-corrected chi connectivity index (χ1v) is 9.09. The molecule has 2 rings (SSSR count). The molecule has 1 amide bonds. The van der Waals surface area contributed by atoms with E-state index in [0.29, 0.717) is 12.3 Å². The Bertz CT molecular complexity index is 784. The van der Waals surface area contributed by atoms with Gasteiger partial charge in [0.2, 0.25) is 10.0 Å². The van der Waals surface area contributed by atoms with E-state index < -0.39 is 10.0 Å². The maximum atomic E-state index is 12.4. The quantitative estimate of drug-likeness (QED) is 0.860. The lowest BCUT2D eigenvalue weighted by Crippen LogP contribution is -2.25. The number of ether oxygens (including phenoxy) is 1. The second-order valence-corrected chi connectivity index (χ2v) is 8.10. The van der Waals surface area contributed by atoms with Gasteiger partial charge in [0.25, 0.3) is 5.91 Å². The summed E-state index contributed by atoms with van der Waals surface area (Å²) in [6, 6.07) is 8.05. The van der Waals surface area contributed by atoms with Gasteiger partial charge in [-0.1, -0.05) is 6.07 Å². The third-order valence-electron chi connectivity index (χ3n) is 3.20. The molecule has 0 bridgehead atoms. The average molecular weight is 354 g/mol. The summed E-state index contributed by atoms with van der Waals surface area (Å²) < 4.78 is 30.7. The summed E-state index contributed by atoms with van der Waals surface area (Å²) in [5.41, 5.74) is 0.187. The van der Waals surface area contributed by atoms with E-state index in [1.807, 2.05) is 17.5 Å². The van der Waals surface area contributed by atoms with E-state index in [9.17, 15) is 13.2 Å². The molecule has 23 heavy (non-hydrogen) atoms. The first-order chi connectivity index (χ1) is 10.9. The fourth-order valence-electron chi connectivity index (χ4n) is 1.91. The van der Waals surface area contributed by atoms with Gasteiger partial charge in [-0.2, -0.15) is 0 Å². The van der Waals surface area contributed by atoms with Crippen LogP contribution in [-0.2, 0) is 16.6 Å². The molecule has 124 valence electrons. The number of hydrogen-bond acceptors (Lipinski definition) is 5. The van der Waals surface area contributed by atoms with Crippen molar-refractivity contribution in [1.29, 1.82) is 0 Å². The van der Waals surface area contributed by atoms with Gasteiger partial charge >= 0.3 is 0 Å². The van der Waals surface area contributed by atoms with Crippen molar-refractivity contribution < 1.29 is 17.9 Å². The molecule has 1 aromatic carbocycles. The normalized spacial score (nSPS) is 11.5. The zero-order chi connectivity index (χ0) is 17.0. The molecule has 1 heterocycles. The number of carbonyl (C=O) groups excluding carboxylic acids is 1. The Morgan fingerprint density at radius 1 is 1.30 bits per heavy atom. The highest BCUT2D eigenvalue weighted by molar-refractivity contribution is 7.89. The van der Waals surface area contributed by atoms with Crippen LogP contribution >= 0.6 is 11.3 Å². The lowest BCUT2D eigenvalue weighted by Gasteiger charge is -2.14. The number of benzene rings is 1.